The molecule has 0 fully saturated rings. The van der Waals surface area contributed by atoms with Gasteiger partial charge in [0.15, 0.2) is 11.5 Å². The SMILES string of the molecule is CC(C)(C)OC(=O)CNCc1cc(Cl)c2c(c1)OCO2. The van der Waals surface area contributed by atoms with Crippen LogP contribution in [0, 0.1) is 0 Å². The highest BCUT2D eigenvalue weighted by Gasteiger charge is 2.19. The molecule has 0 amide bonds. The Bertz CT molecular complexity index is 511. The van der Waals surface area contributed by atoms with Gasteiger partial charge >= 0.3 is 5.97 Å². The molecule has 0 aliphatic carbocycles. The first-order chi connectivity index (χ1) is 9.35. The molecule has 1 heterocycles. The minimum atomic E-state index is -0.471. The molecule has 1 aliphatic rings. The Morgan fingerprint density at radius 2 is 2.15 bits per heavy atom. The highest BCUT2D eigenvalue weighted by atomic mass is 35.5. The molecule has 0 saturated heterocycles. The van der Waals surface area contributed by atoms with Crippen LogP contribution >= 0.6 is 11.6 Å². The number of carbonyl (C=O) groups excluding carboxylic acids is 1. The third kappa shape index (κ3) is 4.02. The number of ether oxygens (including phenoxy) is 3. The van der Waals surface area contributed by atoms with Crippen LogP contribution in [0.4, 0.5) is 0 Å². The molecular weight excluding hydrogens is 282 g/mol. The maximum atomic E-state index is 11.5. The van der Waals surface area contributed by atoms with Crippen molar-refractivity contribution < 1.29 is 19.0 Å². The van der Waals surface area contributed by atoms with Crippen molar-refractivity contribution in [3.8, 4) is 11.5 Å². The van der Waals surface area contributed by atoms with Gasteiger partial charge in [0.25, 0.3) is 0 Å². The molecular formula is C14H18ClNO4. The molecule has 5 nitrogen and oxygen atoms in total. The van der Waals surface area contributed by atoms with E-state index in [2.05, 4.69) is 5.32 Å². The molecule has 1 aliphatic heterocycles. The van der Waals surface area contributed by atoms with Crippen LogP contribution in [0.2, 0.25) is 5.02 Å². The summed E-state index contributed by atoms with van der Waals surface area (Å²) in [5.41, 5.74) is 0.448. The van der Waals surface area contributed by atoms with E-state index in [-0.39, 0.29) is 19.3 Å². The smallest absolute Gasteiger partial charge is 0.320 e. The quantitative estimate of drug-likeness (QED) is 0.866. The normalized spacial score (nSPS) is 13.4. The maximum absolute atomic E-state index is 11.5. The van der Waals surface area contributed by atoms with Gasteiger partial charge in [-0.05, 0) is 38.5 Å². The summed E-state index contributed by atoms with van der Waals surface area (Å²) in [6.07, 6.45) is 0. The Kier molecular flexibility index (Phi) is 4.40. The zero-order valence-electron chi connectivity index (χ0n) is 11.8. The fourth-order valence-electron chi connectivity index (χ4n) is 1.81. The van der Waals surface area contributed by atoms with Gasteiger partial charge in [0.05, 0.1) is 11.6 Å². The van der Waals surface area contributed by atoms with Gasteiger partial charge in [0.2, 0.25) is 6.79 Å². The number of benzene rings is 1. The van der Waals surface area contributed by atoms with Gasteiger partial charge in [-0.2, -0.15) is 0 Å². The zero-order chi connectivity index (χ0) is 14.8. The molecule has 1 aromatic carbocycles. The molecule has 110 valence electrons. The fraction of sp³-hybridized carbons (Fsp3) is 0.500. The van der Waals surface area contributed by atoms with Crippen LogP contribution in [0.3, 0.4) is 0 Å². The average Bonchev–Trinajstić information content (AvgIpc) is 2.75. The van der Waals surface area contributed by atoms with Crippen molar-refractivity contribution in [1.82, 2.24) is 5.32 Å². The first-order valence-electron chi connectivity index (χ1n) is 6.36. The van der Waals surface area contributed by atoms with E-state index in [1.807, 2.05) is 26.8 Å². The van der Waals surface area contributed by atoms with Crippen LogP contribution in [0.25, 0.3) is 0 Å². The number of halogens is 1. The van der Waals surface area contributed by atoms with E-state index in [9.17, 15) is 4.79 Å². The summed E-state index contributed by atoms with van der Waals surface area (Å²) in [4.78, 5) is 11.5. The molecule has 0 saturated carbocycles. The van der Waals surface area contributed by atoms with Gasteiger partial charge in [-0.25, -0.2) is 0 Å². The van der Waals surface area contributed by atoms with Crippen LogP contribution in [0.5, 0.6) is 11.5 Å². The largest absolute Gasteiger partial charge is 0.459 e. The van der Waals surface area contributed by atoms with E-state index in [4.69, 9.17) is 25.8 Å². The van der Waals surface area contributed by atoms with Crippen LogP contribution < -0.4 is 14.8 Å². The number of hydrogen-bond acceptors (Lipinski definition) is 5. The number of nitrogens with one attached hydrogen (secondary N) is 1. The molecule has 1 N–H and O–H groups in total. The number of hydrogen-bond donors (Lipinski definition) is 1. The summed E-state index contributed by atoms with van der Waals surface area (Å²) in [6, 6.07) is 3.63. The lowest BCUT2D eigenvalue weighted by atomic mass is 10.2. The highest BCUT2D eigenvalue weighted by molar-refractivity contribution is 6.32. The molecule has 0 unspecified atom stereocenters. The van der Waals surface area contributed by atoms with Crippen molar-refractivity contribution in [3.63, 3.8) is 0 Å². The van der Waals surface area contributed by atoms with E-state index < -0.39 is 5.60 Å². The lowest BCUT2D eigenvalue weighted by Crippen LogP contribution is -2.31. The van der Waals surface area contributed by atoms with Gasteiger partial charge in [-0.3, -0.25) is 4.79 Å². The second-order valence-corrected chi connectivity index (χ2v) is 5.91. The van der Waals surface area contributed by atoms with E-state index in [0.29, 0.717) is 23.1 Å². The molecule has 6 heteroatoms. The van der Waals surface area contributed by atoms with Crippen LogP contribution in [-0.4, -0.2) is 24.9 Å². The van der Waals surface area contributed by atoms with Crippen molar-refractivity contribution in [2.75, 3.05) is 13.3 Å². The zero-order valence-corrected chi connectivity index (χ0v) is 12.5. The van der Waals surface area contributed by atoms with Gasteiger partial charge < -0.3 is 19.5 Å². The molecule has 0 atom stereocenters. The second-order valence-electron chi connectivity index (χ2n) is 5.50. The van der Waals surface area contributed by atoms with Crippen molar-refractivity contribution in [2.24, 2.45) is 0 Å². The maximum Gasteiger partial charge on any atom is 0.320 e. The topological polar surface area (TPSA) is 56.8 Å². The lowest BCUT2D eigenvalue weighted by Gasteiger charge is -2.19. The minimum absolute atomic E-state index is 0.142. The third-order valence-corrected chi connectivity index (χ3v) is 2.79. The van der Waals surface area contributed by atoms with E-state index in [1.165, 1.54) is 0 Å². The summed E-state index contributed by atoms with van der Waals surface area (Å²) in [7, 11) is 0. The number of fused-ring (bicyclic) bond motifs is 1. The predicted molar refractivity (Wildman–Crippen MR) is 75.1 cm³/mol. The summed E-state index contributed by atoms with van der Waals surface area (Å²) < 4.78 is 15.7. The summed E-state index contributed by atoms with van der Waals surface area (Å²) in [5, 5.41) is 3.52. The molecule has 20 heavy (non-hydrogen) atoms. The third-order valence-electron chi connectivity index (χ3n) is 2.51. The first kappa shape index (κ1) is 14.9. The Hall–Kier alpha value is -1.46. The van der Waals surface area contributed by atoms with Gasteiger partial charge in [0.1, 0.15) is 5.60 Å². The van der Waals surface area contributed by atoms with Gasteiger partial charge in [0, 0.05) is 6.54 Å². The van der Waals surface area contributed by atoms with E-state index >= 15 is 0 Å². The van der Waals surface area contributed by atoms with Crippen molar-refractivity contribution in [2.45, 2.75) is 32.9 Å². The van der Waals surface area contributed by atoms with Crippen molar-refractivity contribution in [3.05, 3.63) is 22.7 Å². The van der Waals surface area contributed by atoms with Crippen molar-refractivity contribution >= 4 is 17.6 Å². The Morgan fingerprint density at radius 1 is 1.40 bits per heavy atom. The number of rotatable bonds is 4. The molecule has 0 aromatic heterocycles. The first-order valence-corrected chi connectivity index (χ1v) is 6.73. The molecule has 1 aromatic rings. The Labute approximate surface area is 123 Å². The summed E-state index contributed by atoms with van der Waals surface area (Å²) >= 11 is 6.08. The molecule has 0 bridgehead atoms. The number of esters is 1. The highest BCUT2D eigenvalue weighted by Crippen LogP contribution is 2.39. The Morgan fingerprint density at radius 3 is 2.85 bits per heavy atom. The van der Waals surface area contributed by atoms with E-state index in [0.717, 1.165) is 5.56 Å². The molecule has 0 spiro atoms. The van der Waals surface area contributed by atoms with Crippen LogP contribution in [-0.2, 0) is 16.1 Å². The standard InChI is InChI=1S/C14H18ClNO4/c1-14(2,3)20-12(17)7-16-6-9-4-10(15)13-11(5-9)18-8-19-13/h4-5,16H,6-8H2,1-3H3. The predicted octanol–water partition coefficient (Wildman–Crippen LogP) is 2.50. The number of carbonyl (C=O) groups is 1. The average molecular weight is 300 g/mol. The van der Waals surface area contributed by atoms with Crippen molar-refractivity contribution in [1.29, 1.82) is 0 Å². The van der Waals surface area contributed by atoms with Crippen LogP contribution in [0.1, 0.15) is 26.3 Å². The van der Waals surface area contributed by atoms with E-state index in [1.54, 1.807) is 6.07 Å². The van der Waals surface area contributed by atoms with Gasteiger partial charge in [-0.1, -0.05) is 11.6 Å². The minimum Gasteiger partial charge on any atom is -0.459 e. The summed E-state index contributed by atoms with van der Waals surface area (Å²) in [6.45, 7) is 6.33. The molecule has 2 rings (SSSR count). The lowest BCUT2D eigenvalue weighted by molar-refractivity contribution is -0.153. The second kappa shape index (κ2) is 5.89. The fourth-order valence-corrected chi connectivity index (χ4v) is 2.10. The monoisotopic (exact) mass is 299 g/mol. The van der Waals surface area contributed by atoms with Crippen LogP contribution in [0.15, 0.2) is 12.1 Å². The Balaban J connectivity index is 1.86. The van der Waals surface area contributed by atoms with Gasteiger partial charge in [-0.15, -0.1) is 0 Å². The summed E-state index contributed by atoms with van der Waals surface area (Å²) in [5.74, 6) is 0.915. The molecule has 0 radical (unpaired) electrons.